The second-order valence-corrected chi connectivity index (χ2v) is 2.64. The van der Waals surface area contributed by atoms with Crippen molar-refractivity contribution in [2.75, 3.05) is 12.4 Å². The molecule has 3 nitrogen and oxygen atoms in total. The molecular weight excluding hydrogens is 164 g/mol. The molecule has 0 unspecified atom stereocenters. The first kappa shape index (κ1) is 8.40. The Bertz CT molecular complexity index is 232. The minimum atomic E-state index is 0. The van der Waals surface area contributed by atoms with Gasteiger partial charge in [0.25, 0.3) is 0 Å². The van der Waals surface area contributed by atoms with Crippen molar-refractivity contribution in [2.45, 2.75) is 18.8 Å². The van der Waals surface area contributed by atoms with Crippen LogP contribution in [0.1, 0.15) is 24.5 Å². The van der Waals surface area contributed by atoms with Crippen molar-refractivity contribution in [1.82, 2.24) is 5.16 Å². The Kier molecular flexibility index (Phi) is 2.39. The fraction of sp³-hybridized carbons (Fsp3) is 0.571. The molecule has 1 heterocycles. The van der Waals surface area contributed by atoms with Crippen LogP contribution in [0.2, 0.25) is 0 Å². The Balaban J connectivity index is 0.000000605. The monoisotopic (exact) mass is 174 g/mol. The molecule has 1 N–H and O–H groups in total. The molecule has 1 aliphatic carbocycles. The van der Waals surface area contributed by atoms with Gasteiger partial charge in [-0.3, -0.25) is 0 Å². The number of aromatic nitrogens is 1. The van der Waals surface area contributed by atoms with Crippen molar-refractivity contribution in [3.05, 3.63) is 11.8 Å². The van der Waals surface area contributed by atoms with E-state index in [1.807, 2.05) is 13.1 Å². The smallest absolute Gasteiger partial charge is 0.224 e. The number of nitrogens with zero attached hydrogens (tertiary/aromatic N) is 1. The van der Waals surface area contributed by atoms with E-state index in [1.165, 1.54) is 12.8 Å². The topological polar surface area (TPSA) is 38.1 Å². The van der Waals surface area contributed by atoms with E-state index in [1.54, 1.807) is 0 Å². The van der Waals surface area contributed by atoms with Crippen molar-refractivity contribution < 1.29 is 4.52 Å². The summed E-state index contributed by atoms with van der Waals surface area (Å²) in [6, 6.07) is 1.97. The third kappa shape index (κ3) is 1.66. The fourth-order valence-electron chi connectivity index (χ4n) is 0.978. The Morgan fingerprint density at radius 1 is 1.64 bits per heavy atom. The number of halogens is 1. The van der Waals surface area contributed by atoms with Gasteiger partial charge >= 0.3 is 0 Å². The van der Waals surface area contributed by atoms with Gasteiger partial charge in [-0.15, -0.1) is 12.4 Å². The van der Waals surface area contributed by atoms with E-state index in [2.05, 4.69) is 10.5 Å². The van der Waals surface area contributed by atoms with Gasteiger partial charge in [-0.25, -0.2) is 0 Å². The van der Waals surface area contributed by atoms with E-state index in [9.17, 15) is 0 Å². The van der Waals surface area contributed by atoms with Crippen LogP contribution in [0.5, 0.6) is 0 Å². The SMILES string of the molecule is CNc1cc(C2CC2)no1.Cl. The molecule has 4 heteroatoms. The Morgan fingerprint density at radius 3 is 2.82 bits per heavy atom. The maximum atomic E-state index is 4.95. The second-order valence-electron chi connectivity index (χ2n) is 2.64. The highest BCUT2D eigenvalue weighted by Gasteiger charge is 2.26. The van der Waals surface area contributed by atoms with Crippen molar-refractivity contribution in [1.29, 1.82) is 0 Å². The van der Waals surface area contributed by atoms with E-state index in [-0.39, 0.29) is 12.4 Å². The van der Waals surface area contributed by atoms with Crippen LogP contribution in [0.3, 0.4) is 0 Å². The summed E-state index contributed by atoms with van der Waals surface area (Å²) in [5.74, 6) is 1.45. The summed E-state index contributed by atoms with van der Waals surface area (Å²) in [5, 5.41) is 6.81. The zero-order valence-electron chi connectivity index (χ0n) is 6.33. The van der Waals surface area contributed by atoms with Gasteiger partial charge in [0, 0.05) is 19.0 Å². The first-order chi connectivity index (χ1) is 4.90. The highest BCUT2D eigenvalue weighted by atomic mass is 35.5. The average Bonchev–Trinajstić information content (AvgIpc) is 2.70. The van der Waals surface area contributed by atoms with E-state index in [4.69, 9.17) is 4.52 Å². The minimum Gasteiger partial charge on any atom is -0.357 e. The van der Waals surface area contributed by atoms with Gasteiger partial charge in [0.15, 0.2) is 0 Å². The van der Waals surface area contributed by atoms with E-state index in [0.717, 1.165) is 11.6 Å². The molecule has 11 heavy (non-hydrogen) atoms. The molecule has 2 rings (SSSR count). The molecule has 1 aromatic rings. The summed E-state index contributed by atoms with van der Waals surface area (Å²) >= 11 is 0. The van der Waals surface area contributed by atoms with Gasteiger partial charge in [0.1, 0.15) is 0 Å². The lowest BCUT2D eigenvalue weighted by molar-refractivity contribution is 0.425. The number of anilines is 1. The predicted octanol–water partition coefficient (Wildman–Crippen LogP) is 2.02. The van der Waals surface area contributed by atoms with Gasteiger partial charge in [0.05, 0.1) is 5.69 Å². The molecule has 0 bridgehead atoms. The normalized spacial score (nSPS) is 15.7. The molecule has 0 atom stereocenters. The average molecular weight is 175 g/mol. The highest BCUT2D eigenvalue weighted by molar-refractivity contribution is 5.85. The van der Waals surface area contributed by atoms with Crippen LogP contribution in [0.25, 0.3) is 0 Å². The minimum absolute atomic E-state index is 0. The molecule has 0 amide bonds. The number of nitrogens with one attached hydrogen (secondary N) is 1. The quantitative estimate of drug-likeness (QED) is 0.746. The maximum absolute atomic E-state index is 4.95. The molecule has 0 aromatic carbocycles. The van der Waals surface area contributed by atoms with Gasteiger partial charge in [0.2, 0.25) is 5.88 Å². The Morgan fingerprint density at radius 2 is 2.36 bits per heavy atom. The predicted molar refractivity (Wildman–Crippen MR) is 45.3 cm³/mol. The molecule has 1 aromatic heterocycles. The zero-order valence-corrected chi connectivity index (χ0v) is 7.15. The van der Waals surface area contributed by atoms with Crippen LogP contribution in [0.4, 0.5) is 5.88 Å². The molecule has 1 fully saturated rings. The van der Waals surface area contributed by atoms with Crippen molar-refractivity contribution in [3.63, 3.8) is 0 Å². The lowest BCUT2D eigenvalue weighted by Crippen LogP contribution is -1.82. The summed E-state index contributed by atoms with van der Waals surface area (Å²) < 4.78 is 4.95. The van der Waals surface area contributed by atoms with Crippen LogP contribution in [0, 0.1) is 0 Å². The molecule has 62 valence electrons. The van der Waals surface area contributed by atoms with Gasteiger partial charge < -0.3 is 9.84 Å². The third-order valence-corrected chi connectivity index (χ3v) is 1.77. The summed E-state index contributed by atoms with van der Waals surface area (Å²) in [4.78, 5) is 0. The maximum Gasteiger partial charge on any atom is 0.224 e. The summed E-state index contributed by atoms with van der Waals surface area (Å²) in [6.07, 6.45) is 2.55. The lowest BCUT2D eigenvalue weighted by atomic mass is 10.3. The van der Waals surface area contributed by atoms with Crippen LogP contribution >= 0.6 is 12.4 Å². The van der Waals surface area contributed by atoms with E-state index >= 15 is 0 Å². The van der Waals surface area contributed by atoms with Crippen molar-refractivity contribution in [3.8, 4) is 0 Å². The first-order valence-electron chi connectivity index (χ1n) is 3.54. The number of hydrogen-bond donors (Lipinski definition) is 1. The number of rotatable bonds is 2. The lowest BCUT2D eigenvalue weighted by Gasteiger charge is -1.84. The molecule has 1 saturated carbocycles. The second kappa shape index (κ2) is 3.13. The first-order valence-corrected chi connectivity index (χ1v) is 3.54. The molecular formula is C7H11ClN2O. The van der Waals surface area contributed by atoms with Gasteiger partial charge in [-0.05, 0) is 12.8 Å². The van der Waals surface area contributed by atoms with Crippen molar-refractivity contribution >= 4 is 18.3 Å². The van der Waals surface area contributed by atoms with Crippen molar-refractivity contribution in [2.24, 2.45) is 0 Å². The zero-order chi connectivity index (χ0) is 6.97. The molecule has 0 saturated heterocycles. The van der Waals surface area contributed by atoms with Crippen LogP contribution < -0.4 is 5.32 Å². The van der Waals surface area contributed by atoms with Crippen LogP contribution in [-0.4, -0.2) is 12.2 Å². The number of hydrogen-bond acceptors (Lipinski definition) is 3. The van der Waals surface area contributed by atoms with Crippen LogP contribution in [-0.2, 0) is 0 Å². The van der Waals surface area contributed by atoms with Gasteiger partial charge in [-0.1, -0.05) is 5.16 Å². The standard InChI is InChI=1S/C7H10N2O.ClH/c1-8-7-4-6(9-10-7)5-2-3-5;/h4-5,8H,2-3H2,1H3;1H. The summed E-state index contributed by atoms with van der Waals surface area (Å²) in [5.41, 5.74) is 1.10. The summed E-state index contributed by atoms with van der Waals surface area (Å²) in [6.45, 7) is 0. The van der Waals surface area contributed by atoms with E-state index < -0.39 is 0 Å². The summed E-state index contributed by atoms with van der Waals surface area (Å²) in [7, 11) is 1.83. The molecule has 0 aliphatic heterocycles. The molecule has 1 aliphatic rings. The Hall–Kier alpha value is -0.700. The van der Waals surface area contributed by atoms with Crippen LogP contribution in [0.15, 0.2) is 10.6 Å². The fourth-order valence-corrected chi connectivity index (χ4v) is 0.978. The van der Waals surface area contributed by atoms with Gasteiger partial charge in [-0.2, -0.15) is 0 Å². The molecule has 0 spiro atoms. The van der Waals surface area contributed by atoms with E-state index in [0.29, 0.717) is 5.92 Å². The third-order valence-electron chi connectivity index (χ3n) is 1.77. The largest absolute Gasteiger partial charge is 0.357 e. The molecule has 0 radical (unpaired) electrons. The highest BCUT2D eigenvalue weighted by Crippen LogP contribution is 2.39. The Labute approximate surface area is 71.6 Å².